The van der Waals surface area contributed by atoms with Gasteiger partial charge >= 0.3 is 0 Å². The molecule has 0 radical (unpaired) electrons. The minimum absolute atomic E-state index is 0.00469. The fourth-order valence-corrected chi connectivity index (χ4v) is 3.13. The van der Waals surface area contributed by atoms with E-state index in [9.17, 15) is 9.59 Å². The summed E-state index contributed by atoms with van der Waals surface area (Å²) in [5.41, 5.74) is 0. The third kappa shape index (κ3) is 4.28. The van der Waals surface area contributed by atoms with Gasteiger partial charge in [0, 0.05) is 11.8 Å². The number of hydrogen-bond donors (Lipinski definition) is 2. The summed E-state index contributed by atoms with van der Waals surface area (Å²) in [6, 6.07) is 7.24. The molecule has 3 rings (SSSR count). The van der Waals surface area contributed by atoms with Crippen LogP contribution in [0.15, 0.2) is 45.6 Å². The molecule has 0 aromatic carbocycles. The molecule has 2 amide bonds. The van der Waals surface area contributed by atoms with Crippen LogP contribution in [0.25, 0.3) is 0 Å². The number of carbonyl (C=O) groups excluding carboxylic acids is 2. The van der Waals surface area contributed by atoms with E-state index in [1.807, 2.05) is 12.1 Å². The first-order valence-electron chi connectivity index (χ1n) is 8.32. The first-order valence-corrected chi connectivity index (χ1v) is 8.32. The molecule has 0 unspecified atom stereocenters. The number of nitrogens with one attached hydrogen (secondary N) is 2. The van der Waals surface area contributed by atoms with Gasteiger partial charge in [-0.2, -0.15) is 0 Å². The Morgan fingerprint density at radius 3 is 1.83 bits per heavy atom. The second-order valence-corrected chi connectivity index (χ2v) is 6.15. The van der Waals surface area contributed by atoms with E-state index >= 15 is 0 Å². The van der Waals surface area contributed by atoms with Gasteiger partial charge in [-0.15, -0.1) is 0 Å². The quantitative estimate of drug-likeness (QED) is 0.852. The second kappa shape index (κ2) is 7.86. The van der Waals surface area contributed by atoms with Crippen LogP contribution in [-0.4, -0.2) is 11.8 Å². The van der Waals surface area contributed by atoms with Gasteiger partial charge in [-0.3, -0.25) is 9.59 Å². The van der Waals surface area contributed by atoms with Gasteiger partial charge in [0.2, 0.25) is 11.8 Å². The van der Waals surface area contributed by atoms with Crippen molar-refractivity contribution in [1.29, 1.82) is 0 Å². The van der Waals surface area contributed by atoms with Crippen LogP contribution in [0.4, 0.5) is 0 Å². The van der Waals surface area contributed by atoms with Gasteiger partial charge in [-0.25, -0.2) is 0 Å². The van der Waals surface area contributed by atoms with Crippen molar-refractivity contribution in [3.63, 3.8) is 0 Å². The summed E-state index contributed by atoms with van der Waals surface area (Å²) in [7, 11) is 0. The summed E-state index contributed by atoms with van der Waals surface area (Å²) < 4.78 is 10.4. The molecule has 128 valence electrons. The molecule has 0 aliphatic heterocycles. The SMILES string of the molecule is O=C(NCc1ccco1)[C@@H]1CCC[C@H](C(=O)NCc2ccco2)C1. The Bertz CT molecular complexity index is 592. The fourth-order valence-electron chi connectivity index (χ4n) is 3.13. The third-order valence-electron chi connectivity index (χ3n) is 4.45. The fraction of sp³-hybridized carbons (Fsp3) is 0.444. The number of hydrogen-bond acceptors (Lipinski definition) is 4. The summed E-state index contributed by atoms with van der Waals surface area (Å²) in [4.78, 5) is 24.6. The van der Waals surface area contributed by atoms with E-state index in [1.165, 1.54) is 0 Å². The van der Waals surface area contributed by atoms with Crippen molar-refractivity contribution >= 4 is 11.8 Å². The Morgan fingerprint density at radius 2 is 1.42 bits per heavy atom. The highest BCUT2D eigenvalue weighted by Gasteiger charge is 2.31. The standard InChI is InChI=1S/C18H22N2O4/c21-17(19-11-15-6-2-8-23-15)13-4-1-5-14(10-13)18(22)20-12-16-7-3-9-24-16/h2-3,6-9,13-14H,1,4-5,10-12H2,(H,19,21)(H,20,22)/t13-,14+. The maximum Gasteiger partial charge on any atom is 0.223 e. The Hall–Kier alpha value is -2.50. The van der Waals surface area contributed by atoms with E-state index in [1.54, 1.807) is 24.7 Å². The average Bonchev–Trinajstić information content (AvgIpc) is 3.31. The first-order chi connectivity index (χ1) is 11.7. The lowest BCUT2D eigenvalue weighted by Gasteiger charge is -2.27. The van der Waals surface area contributed by atoms with Crippen LogP contribution < -0.4 is 10.6 Å². The van der Waals surface area contributed by atoms with Crippen LogP contribution in [-0.2, 0) is 22.7 Å². The topological polar surface area (TPSA) is 84.5 Å². The van der Waals surface area contributed by atoms with Crippen LogP contribution in [0.3, 0.4) is 0 Å². The predicted molar refractivity (Wildman–Crippen MR) is 86.6 cm³/mol. The number of rotatable bonds is 6. The van der Waals surface area contributed by atoms with Crippen LogP contribution in [0, 0.1) is 11.8 Å². The third-order valence-corrected chi connectivity index (χ3v) is 4.45. The first kappa shape index (κ1) is 16.4. The predicted octanol–water partition coefficient (Wildman–Crippen LogP) is 2.61. The molecular weight excluding hydrogens is 308 g/mol. The molecule has 2 heterocycles. The molecule has 0 spiro atoms. The monoisotopic (exact) mass is 330 g/mol. The molecule has 6 nitrogen and oxygen atoms in total. The zero-order chi connectivity index (χ0) is 16.8. The van der Waals surface area contributed by atoms with Gasteiger partial charge < -0.3 is 19.5 Å². The lowest BCUT2D eigenvalue weighted by Crippen LogP contribution is -2.38. The Kier molecular flexibility index (Phi) is 5.36. The summed E-state index contributed by atoms with van der Waals surface area (Å²) in [5.74, 6) is 1.21. The van der Waals surface area contributed by atoms with E-state index in [-0.39, 0.29) is 23.7 Å². The number of amides is 2. The Labute approximate surface area is 140 Å². The highest BCUT2D eigenvalue weighted by Crippen LogP contribution is 2.29. The van der Waals surface area contributed by atoms with Crippen LogP contribution in [0.5, 0.6) is 0 Å². The van der Waals surface area contributed by atoms with E-state index in [4.69, 9.17) is 8.83 Å². The summed E-state index contributed by atoms with van der Waals surface area (Å²) in [5, 5.41) is 5.78. The van der Waals surface area contributed by atoms with E-state index in [0.717, 1.165) is 30.8 Å². The minimum Gasteiger partial charge on any atom is -0.467 e. The van der Waals surface area contributed by atoms with Gasteiger partial charge in [0.1, 0.15) is 11.5 Å². The molecule has 1 fully saturated rings. The van der Waals surface area contributed by atoms with Crippen molar-refractivity contribution in [3.8, 4) is 0 Å². The molecule has 1 aliphatic carbocycles. The molecule has 1 aliphatic rings. The van der Waals surface area contributed by atoms with E-state index < -0.39 is 0 Å². The smallest absolute Gasteiger partial charge is 0.223 e. The van der Waals surface area contributed by atoms with Gasteiger partial charge in [0.15, 0.2) is 0 Å². The molecule has 6 heteroatoms. The van der Waals surface area contributed by atoms with Crippen molar-refractivity contribution in [2.24, 2.45) is 11.8 Å². The highest BCUT2D eigenvalue weighted by molar-refractivity contribution is 5.82. The molecule has 2 N–H and O–H groups in total. The summed E-state index contributed by atoms with van der Waals surface area (Å²) in [6.07, 6.45) is 6.30. The van der Waals surface area contributed by atoms with Crippen molar-refractivity contribution in [3.05, 3.63) is 48.3 Å². The van der Waals surface area contributed by atoms with E-state index in [2.05, 4.69) is 10.6 Å². The maximum atomic E-state index is 12.3. The van der Waals surface area contributed by atoms with E-state index in [0.29, 0.717) is 19.5 Å². The lowest BCUT2D eigenvalue weighted by molar-refractivity contribution is -0.130. The zero-order valence-corrected chi connectivity index (χ0v) is 13.5. The number of furan rings is 2. The molecule has 2 aromatic rings. The van der Waals surface area contributed by atoms with Crippen molar-refractivity contribution in [2.45, 2.75) is 38.8 Å². The zero-order valence-electron chi connectivity index (χ0n) is 13.5. The molecule has 2 aromatic heterocycles. The second-order valence-electron chi connectivity index (χ2n) is 6.15. The van der Waals surface area contributed by atoms with Crippen molar-refractivity contribution in [1.82, 2.24) is 10.6 Å². The van der Waals surface area contributed by atoms with Crippen molar-refractivity contribution < 1.29 is 18.4 Å². The summed E-state index contributed by atoms with van der Waals surface area (Å²) >= 11 is 0. The van der Waals surface area contributed by atoms with Gasteiger partial charge in [-0.1, -0.05) is 6.42 Å². The Balaban J connectivity index is 1.46. The largest absolute Gasteiger partial charge is 0.467 e. The normalized spacial score (nSPS) is 20.5. The molecule has 0 saturated heterocycles. The molecule has 24 heavy (non-hydrogen) atoms. The minimum atomic E-state index is -0.118. The maximum absolute atomic E-state index is 12.3. The average molecular weight is 330 g/mol. The van der Waals surface area contributed by atoms with Crippen LogP contribution in [0.2, 0.25) is 0 Å². The highest BCUT2D eigenvalue weighted by atomic mass is 16.3. The molecule has 1 saturated carbocycles. The summed E-state index contributed by atoms with van der Waals surface area (Å²) in [6.45, 7) is 0.773. The molecular formula is C18H22N2O4. The van der Waals surface area contributed by atoms with Gasteiger partial charge in [0.25, 0.3) is 0 Å². The molecule has 2 atom stereocenters. The van der Waals surface area contributed by atoms with Crippen LogP contribution in [0.1, 0.15) is 37.2 Å². The van der Waals surface area contributed by atoms with Gasteiger partial charge in [0.05, 0.1) is 25.6 Å². The van der Waals surface area contributed by atoms with Crippen LogP contribution >= 0.6 is 0 Å². The lowest BCUT2D eigenvalue weighted by atomic mass is 9.80. The Morgan fingerprint density at radius 1 is 0.917 bits per heavy atom. The molecule has 0 bridgehead atoms. The van der Waals surface area contributed by atoms with Crippen molar-refractivity contribution in [2.75, 3.05) is 0 Å². The number of carbonyl (C=O) groups is 2. The van der Waals surface area contributed by atoms with Gasteiger partial charge in [-0.05, 0) is 43.5 Å².